The van der Waals surface area contributed by atoms with Crippen LogP contribution in [0, 0.1) is 0 Å². The van der Waals surface area contributed by atoms with E-state index in [1.54, 1.807) is 6.08 Å². The molecule has 0 radical (unpaired) electrons. The van der Waals surface area contributed by atoms with Gasteiger partial charge in [-0.05, 0) is 17.2 Å². The third-order valence-corrected chi connectivity index (χ3v) is 5.46. The first-order chi connectivity index (χ1) is 14.3. The Morgan fingerprint density at radius 2 is 1.90 bits per heavy atom. The topological polar surface area (TPSA) is 142 Å². The van der Waals surface area contributed by atoms with Crippen LogP contribution >= 0.6 is 11.3 Å². The maximum absolute atomic E-state index is 12.0. The maximum atomic E-state index is 12.0. The van der Waals surface area contributed by atoms with Crippen LogP contribution in [-0.4, -0.2) is 46.6 Å². The van der Waals surface area contributed by atoms with Gasteiger partial charge in [0, 0.05) is 23.9 Å². The fourth-order valence-electron chi connectivity index (χ4n) is 2.94. The van der Waals surface area contributed by atoms with E-state index in [-0.39, 0.29) is 36.0 Å². The van der Waals surface area contributed by atoms with E-state index < -0.39 is 23.9 Å². The van der Waals surface area contributed by atoms with Gasteiger partial charge in [0.1, 0.15) is 5.00 Å². The average Bonchev–Trinajstić information content (AvgIpc) is 3.08. The van der Waals surface area contributed by atoms with Crippen molar-refractivity contribution in [1.29, 1.82) is 0 Å². The molecule has 0 aliphatic carbocycles. The fourth-order valence-corrected chi connectivity index (χ4v) is 4.07. The van der Waals surface area contributed by atoms with Crippen molar-refractivity contribution in [3.05, 3.63) is 58.0 Å². The molecular weight excluding hydrogens is 412 g/mol. The van der Waals surface area contributed by atoms with E-state index >= 15 is 0 Å². The number of amides is 2. The van der Waals surface area contributed by atoms with Crippen LogP contribution in [0.1, 0.15) is 26.4 Å². The summed E-state index contributed by atoms with van der Waals surface area (Å²) in [5.74, 6) is -4.61. The van der Waals surface area contributed by atoms with Crippen LogP contribution in [0.4, 0.5) is 5.00 Å². The molecule has 0 spiro atoms. The third kappa shape index (κ3) is 5.10. The molecule has 0 saturated carbocycles. The molecule has 1 aromatic carbocycles. The molecule has 1 aromatic heterocycles. The van der Waals surface area contributed by atoms with Gasteiger partial charge < -0.3 is 25.6 Å². The van der Waals surface area contributed by atoms with E-state index in [1.165, 1.54) is 6.08 Å². The fraction of sp³-hybridized carbons (Fsp3) is 0.200. The smallest absolute Gasteiger partial charge is 0.394 e. The van der Waals surface area contributed by atoms with Crippen molar-refractivity contribution in [1.82, 2.24) is 5.32 Å². The number of rotatable bonds is 6. The number of carbonyl (C=O) groups is 4. The average molecular weight is 430 g/mol. The first kappa shape index (κ1) is 21.2. The molecule has 30 heavy (non-hydrogen) atoms. The summed E-state index contributed by atoms with van der Waals surface area (Å²) in [4.78, 5) is 46.5. The molecule has 3 rings (SSSR count). The number of fused-ring (bicyclic) bond motifs is 1. The van der Waals surface area contributed by atoms with Gasteiger partial charge in [-0.3, -0.25) is 9.59 Å². The van der Waals surface area contributed by atoms with Gasteiger partial charge in [0.05, 0.1) is 18.3 Å². The van der Waals surface area contributed by atoms with Crippen molar-refractivity contribution in [3.63, 3.8) is 0 Å². The number of thiophene rings is 1. The summed E-state index contributed by atoms with van der Waals surface area (Å²) in [5, 5.41) is 23.0. The lowest BCUT2D eigenvalue weighted by Gasteiger charge is -2.23. The Kier molecular flexibility index (Phi) is 6.60. The lowest BCUT2D eigenvalue weighted by atomic mass is 10.0. The van der Waals surface area contributed by atoms with E-state index in [0.717, 1.165) is 16.9 Å². The second kappa shape index (κ2) is 9.33. The number of hydrogen-bond donors (Lipinski definition) is 4. The minimum atomic E-state index is -1.71. The van der Waals surface area contributed by atoms with Gasteiger partial charge in [-0.1, -0.05) is 30.3 Å². The van der Waals surface area contributed by atoms with Crippen LogP contribution in [-0.2, 0) is 32.1 Å². The number of benzene rings is 1. The van der Waals surface area contributed by atoms with E-state index in [2.05, 4.69) is 10.6 Å². The number of carboxylic acids is 2. The van der Waals surface area contributed by atoms with Crippen LogP contribution in [0.15, 0.2) is 36.4 Å². The number of carboxylic acid groups (broad SMARTS) is 2. The Labute approximate surface area is 175 Å². The molecule has 2 amide bonds. The van der Waals surface area contributed by atoms with E-state index in [4.69, 9.17) is 9.84 Å². The van der Waals surface area contributed by atoms with Crippen LogP contribution in [0.3, 0.4) is 0 Å². The molecule has 1 unspecified atom stereocenters. The Morgan fingerprint density at radius 3 is 2.57 bits per heavy atom. The largest absolute Gasteiger partial charge is 0.478 e. The second-order valence-electron chi connectivity index (χ2n) is 6.40. The summed E-state index contributed by atoms with van der Waals surface area (Å²) in [5.41, 5.74) is 1.21. The third-order valence-electron chi connectivity index (χ3n) is 4.34. The number of anilines is 1. The minimum absolute atomic E-state index is 0.0426. The molecule has 2 heterocycles. The Hall–Kier alpha value is -3.50. The molecule has 2 aromatic rings. The van der Waals surface area contributed by atoms with E-state index in [0.29, 0.717) is 10.4 Å². The van der Waals surface area contributed by atoms with E-state index in [1.807, 2.05) is 30.3 Å². The normalized spacial score (nSPS) is 15.4. The molecule has 1 atom stereocenters. The quantitative estimate of drug-likeness (QED) is 0.404. The van der Waals surface area contributed by atoms with Crippen molar-refractivity contribution in [2.45, 2.75) is 19.1 Å². The molecule has 0 bridgehead atoms. The Bertz CT molecular complexity index is 1010. The van der Waals surface area contributed by atoms with Gasteiger partial charge in [0.15, 0.2) is 0 Å². The van der Waals surface area contributed by atoms with E-state index in [9.17, 15) is 24.3 Å². The van der Waals surface area contributed by atoms with Crippen LogP contribution in [0.2, 0.25) is 0 Å². The molecular formula is C20H18N2O7S. The highest BCUT2D eigenvalue weighted by molar-refractivity contribution is 7.17. The molecule has 156 valence electrons. The van der Waals surface area contributed by atoms with Crippen molar-refractivity contribution in [3.8, 4) is 0 Å². The Morgan fingerprint density at radius 1 is 1.17 bits per heavy atom. The first-order valence-corrected chi connectivity index (χ1v) is 9.71. The van der Waals surface area contributed by atoms with Gasteiger partial charge in [0.25, 0.3) is 0 Å². The number of nitrogens with one attached hydrogen (secondary N) is 2. The highest BCUT2D eigenvalue weighted by atomic mass is 32.1. The molecule has 9 nitrogen and oxygen atoms in total. The summed E-state index contributed by atoms with van der Waals surface area (Å²) >= 11 is 0.969. The summed E-state index contributed by atoms with van der Waals surface area (Å²) in [6, 6.07) is 9.32. The SMILES string of the molecule is O=C(C=Cc1ccccc1)NCC1Cc2c(sc(NC(=O)C(=O)O)c2C(=O)O)CO1. The van der Waals surface area contributed by atoms with Gasteiger partial charge in [-0.2, -0.15) is 0 Å². The van der Waals surface area contributed by atoms with Crippen molar-refractivity contribution in [2.75, 3.05) is 11.9 Å². The van der Waals surface area contributed by atoms with Gasteiger partial charge in [-0.25, -0.2) is 9.59 Å². The predicted molar refractivity (Wildman–Crippen MR) is 108 cm³/mol. The number of aliphatic carboxylic acids is 1. The van der Waals surface area contributed by atoms with Crippen LogP contribution < -0.4 is 10.6 Å². The standard InChI is InChI=1S/C20H18N2O7S/c23-15(7-6-11-4-2-1-3-5-11)21-9-12-8-13-14(10-29-12)30-18(16(13)19(25)26)22-17(24)20(27)28/h1-7,12H,8-10H2,(H,21,23)(H,22,24)(H,25,26)(H,27,28). The maximum Gasteiger partial charge on any atom is 0.394 e. The lowest BCUT2D eigenvalue weighted by Crippen LogP contribution is -2.36. The number of ether oxygens (including phenoxy) is 1. The second-order valence-corrected chi connectivity index (χ2v) is 7.50. The molecule has 1 aliphatic rings. The zero-order chi connectivity index (χ0) is 21.7. The van der Waals surface area contributed by atoms with Gasteiger partial charge in [0.2, 0.25) is 5.91 Å². The first-order valence-electron chi connectivity index (χ1n) is 8.89. The molecule has 10 heteroatoms. The van der Waals surface area contributed by atoms with Gasteiger partial charge >= 0.3 is 17.8 Å². The van der Waals surface area contributed by atoms with Crippen LogP contribution in [0.25, 0.3) is 6.08 Å². The summed E-state index contributed by atoms with van der Waals surface area (Å²) in [6.07, 6.45) is 2.83. The zero-order valence-electron chi connectivity index (χ0n) is 15.6. The lowest BCUT2D eigenvalue weighted by molar-refractivity contribution is -0.147. The predicted octanol–water partition coefficient (Wildman–Crippen LogP) is 1.74. The monoisotopic (exact) mass is 430 g/mol. The molecule has 0 saturated heterocycles. The molecule has 4 N–H and O–H groups in total. The molecule has 1 aliphatic heterocycles. The summed E-state index contributed by atoms with van der Waals surface area (Å²) in [7, 11) is 0. The summed E-state index contributed by atoms with van der Waals surface area (Å²) < 4.78 is 5.67. The van der Waals surface area contributed by atoms with Crippen molar-refractivity contribution >= 4 is 46.2 Å². The number of aromatic carboxylic acids is 1. The zero-order valence-corrected chi connectivity index (χ0v) is 16.4. The number of carbonyl (C=O) groups excluding carboxylic acids is 2. The Balaban J connectivity index is 1.64. The van der Waals surface area contributed by atoms with Crippen LogP contribution in [0.5, 0.6) is 0 Å². The molecule has 0 fully saturated rings. The highest BCUT2D eigenvalue weighted by Crippen LogP contribution is 2.37. The van der Waals surface area contributed by atoms with Gasteiger partial charge in [-0.15, -0.1) is 11.3 Å². The minimum Gasteiger partial charge on any atom is -0.478 e. The van der Waals surface area contributed by atoms with Crippen molar-refractivity contribution < 1.29 is 34.1 Å². The van der Waals surface area contributed by atoms with Crippen molar-refractivity contribution in [2.24, 2.45) is 0 Å². The highest BCUT2D eigenvalue weighted by Gasteiger charge is 2.31. The summed E-state index contributed by atoms with van der Waals surface area (Å²) in [6.45, 7) is 0.271. The number of hydrogen-bond acceptors (Lipinski definition) is 6.